The molecule has 0 amide bonds. The molecule has 0 bridgehead atoms. The molecule has 0 saturated carbocycles. The summed E-state index contributed by atoms with van der Waals surface area (Å²) in [5.74, 6) is 2.48. The summed E-state index contributed by atoms with van der Waals surface area (Å²) in [6.07, 6.45) is 1.76. The number of rotatable bonds is 4. The molecule has 0 atom stereocenters. The van der Waals surface area contributed by atoms with E-state index in [0.717, 1.165) is 40.0 Å². The largest absolute Gasteiger partial charge is 0.439 e. The van der Waals surface area contributed by atoms with Crippen molar-refractivity contribution >= 4 is 21.7 Å². The van der Waals surface area contributed by atoms with Crippen molar-refractivity contribution in [2.24, 2.45) is 0 Å². The van der Waals surface area contributed by atoms with Gasteiger partial charge in [-0.1, -0.05) is 22.9 Å². The standard InChI is InChI=1S/C15H18BrN3O/c1-4-5-13-18-14(17)10(3)15(19-13)20-11-6-7-12(16)9(2)8-11/h6-8H,4-5H2,1-3H3,(H2,17,18,19). The smallest absolute Gasteiger partial charge is 0.227 e. The first-order chi connectivity index (χ1) is 9.51. The number of aromatic nitrogens is 2. The monoisotopic (exact) mass is 335 g/mol. The molecule has 106 valence electrons. The quantitative estimate of drug-likeness (QED) is 0.910. The first kappa shape index (κ1) is 14.8. The number of hydrogen-bond acceptors (Lipinski definition) is 4. The highest BCUT2D eigenvalue weighted by molar-refractivity contribution is 9.10. The molecule has 20 heavy (non-hydrogen) atoms. The third-order valence-corrected chi connectivity index (χ3v) is 3.89. The molecule has 0 aliphatic heterocycles. The van der Waals surface area contributed by atoms with Gasteiger partial charge in [0.2, 0.25) is 5.88 Å². The lowest BCUT2D eigenvalue weighted by Crippen LogP contribution is -2.05. The highest BCUT2D eigenvalue weighted by atomic mass is 79.9. The Morgan fingerprint density at radius 1 is 1.25 bits per heavy atom. The molecule has 0 aliphatic carbocycles. The molecule has 4 nitrogen and oxygen atoms in total. The first-order valence-electron chi connectivity index (χ1n) is 6.58. The normalized spacial score (nSPS) is 10.6. The van der Waals surface area contributed by atoms with Crippen LogP contribution in [0.25, 0.3) is 0 Å². The summed E-state index contributed by atoms with van der Waals surface area (Å²) in [6.45, 7) is 5.96. The molecule has 0 saturated heterocycles. The van der Waals surface area contributed by atoms with Crippen LogP contribution in [0.3, 0.4) is 0 Å². The van der Waals surface area contributed by atoms with Gasteiger partial charge in [-0.25, -0.2) is 4.98 Å². The lowest BCUT2D eigenvalue weighted by atomic mass is 10.2. The summed E-state index contributed by atoms with van der Waals surface area (Å²) in [7, 11) is 0. The Morgan fingerprint density at radius 2 is 2.00 bits per heavy atom. The van der Waals surface area contributed by atoms with E-state index in [1.54, 1.807) is 0 Å². The van der Waals surface area contributed by atoms with E-state index in [1.807, 2.05) is 32.0 Å². The zero-order valence-electron chi connectivity index (χ0n) is 11.9. The number of aryl methyl sites for hydroxylation is 2. The summed E-state index contributed by atoms with van der Waals surface area (Å²) < 4.78 is 6.91. The van der Waals surface area contributed by atoms with E-state index < -0.39 is 0 Å². The molecule has 2 N–H and O–H groups in total. The first-order valence-corrected chi connectivity index (χ1v) is 7.37. The molecule has 0 unspecified atom stereocenters. The second kappa shape index (κ2) is 6.22. The maximum Gasteiger partial charge on any atom is 0.227 e. The van der Waals surface area contributed by atoms with Crippen LogP contribution in [0.5, 0.6) is 11.6 Å². The van der Waals surface area contributed by atoms with Crippen LogP contribution < -0.4 is 10.5 Å². The maximum absolute atomic E-state index is 5.92. The van der Waals surface area contributed by atoms with Gasteiger partial charge in [-0.2, -0.15) is 4.98 Å². The van der Waals surface area contributed by atoms with Crippen molar-refractivity contribution in [3.63, 3.8) is 0 Å². The van der Waals surface area contributed by atoms with Gasteiger partial charge >= 0.3 is 0 Å². The van der Waals surface area contributed by atoms with Crippen LogP contribution in [0.1, 0.15) is 30.3 Å². The van der Waals surface area contributed by atoms with Crippen LogP contribution in [-0.2, 0) is 6.42 Å². The van der Waals surface area contributed by atoms with E-state index in [-0.39, 0.29) is 0 Å². The Labute approximate surface area is 127 Å². The third kappa shape index (κ3) is 3.28. The molecule has 5 heteroatoms. The van der Waals surface area contributed by atoms with Gasteiger partial charge in [0.15, 0.2) is 0 Å². The number of nitrogens with two attached hydrogens (primary N) is 1. The van der Waals surface area contributed by atoms with Crippen molar-refractivity contribution in [3.05, 3.63) is 39.6 Å². The maximum atomic E-state index is 5.92. The van der Waals surface area contributed by atoms with E-state index in [4.69, 9.17) is 10.5 Å². The molecule has 1 aromatic heterocycles. The molecule has 2 rings (SSSR count). The minimum atomic E-state index is 0.479. The number of halogens is 1. The predicted octanol–water partition coefficient (Wildman–Crippen LogP) is 4.18. The van der Waals surface area contributed by atoms with Crippen LogP contribution >= 0.6 is 15.9 Å². The molecule has 2 aromatic rings. The summed E-state index contributed by atoms with van der Waals surface area (Å²) in [5.41, 5.74) is 7.80. The average molecular weight is 336 g/mol. The highest BCUT2D eigenvalue weighted by Gasteiger charge is 2.11. The fraction of sp³-hybridized carbons (Fsp3) is 0.333. The van der Waals surface area contributed by atoms with E-state index in [1.165, 1.54) is 0 Å². The zero-order chi connectivity index (χ0) is 14.7. The Hall–Kier alpha value is -1.62. The van der Waals surface area contributed by atoms with Crippen molar-refractivity contribution in [2.45, 2.75) is 33.6 Å². The minimum absolute atomic E-state index is 0.479. The number of nitrogens with zero attached hydrogens (tertiary/aromatic N) is 2. The fourth-order valence-corrected chi connectivity index (χ4v) is 2.03. The molecule has 0 spiro atoms. The molecule has 1 heterocycles. The van der Waals surface area contributed by atoms with Gasteiger partial charge < -0.3 is 10.5 Å². The van der Waals surface area contributed by atoms with Crippen molar-refractivity contribution in [1.29, 1.82) is 0 Å². The fourth-order valence-electron chi connectivity index (χ4n) is 1.79. The number of anilines is 1. The molecule has 0 fully saturated rings. The van der Waals surface area contributed by atoms with Crippen LogP contribution in [0, 0.1) is 13.8 Å². The van der Waals surface area contributed by atoms with Crippen molar-refractivity contribution < 1.29 is 4.74 Å². The number of ether oxygens (including phenoxy) is 1. The second-order valence-corrected chi connectivity index (χ2v) is 5.57. The molecular weight excluding hydrogens is 318 g/mol. The second-order valence-electron chi connectivity index (χ2n) is 4.72. The van der Waals surface area contributed by atoms with Crippen LogP contribution in [0.4, 0.5) is 5.82 Å². The minimum Gasteiger partial charge on any atom is -0.439 e. The Kier molecular flexibility index (Phi) is 4.60. The summed E-state index contributed by atoms with van der Waals surface area (Å²) in [4.78, 5) is 8.72. The molecule has 0 radical (unpaired) electrons. The molecular formula is C15H18BrN3O. The summed E-state index contributed by atoms with van der Waals surface area (Å²) in [5, 5.41) is 0. The van der Waals surface area contributed by atoms with E-state index >= 15 is 0 Å². The van der Waals surface area contributed by atoms with Gasteiger partial charge in [0, 0.05) is 10.9 Å². The third-order valence-electron chi connectivity index (χ3n) is 3.00. The van der Waals surface area contributed by atoms with Crippen LogP contribution in [0.2, 0.25) is 0 Å². The summed E-state index contributed by atoms with van der Waals surface area (Å²) >= 11 is 3.47. The molecule has 1 aromatic carbocycles. The number of benzene rings is 1. The predicted molar refractivity (Wildman–Crippen MR) is 84.1 cm³/mol. The van der Waals surface area contributed by atoms with E-state index in [0.29, 0.717) is 11.7 Å². The topological polar surface area (TPSA) is 61.0 Å². The van der Waals surface area contributed by atoms with Gasteiger partial charge in [0.1, 0.15) is 17.4 Å². The lowest BCUT2D eigenvalue weighted by molar-refractivity contribution is 0.454. The van der Waals surface area contributed by atoms with Crippen molar-refractivity contribution in [3.8, 4) is 11.6 Å². The number of nitrogen functional groups attached to an aromatic ring is 1. The van der Waals surface area contributed by atoms with Gasteiger partial charge in [-0.3, -0.25) is 0 Å². The van der Waals surface area contributed by atoms with Crippen LogP contribution in [0.15, 0.2) is 22.7 Å². The van der Waals surface area contributed by atoms with Gasteiger partial charge in [0.25, 0.3) is 0 Å². The lowest BCUT2D eigenvalue weighted by Gasteiger charge is -2.11. The van der Waals surface area contributed by atoms with Crippen LogP contribution in [-0.4, -0.2) is 9.97 Å². The van der Waals surface area contributed by atoms with Gasteiger partial charge in [-0.15, -0.1) is 0 Å². The Bertz CT molecular complexity index is 629. The van der Waals surface area contributed by atoms with Crippen molar-refractivity contribution in [2.75, 3.05) is 5.73 Å². The number of hydrogen-bond donors (Lipinski definition) is 1. The average Bonchev–Trinajstić information content (AvgIpc) is 2.40. The highest BCUT2D eigenvalue weighted by Crippen LogP contribution is 2.28. The Balaban J connectivity index is 2.34. The van der Waals surface area contributed by atoms with E-state index in [2.05, 4.69) is 32.8 Å². The summed E-state index contributed by atoms with van der Waals surface area (Å²) in [6, 6.07) is 5.81. The van der Waals surface area contributed by atoms with E-state index in [9.17, 15) is 0 Å². The van der Waals surface area contributed by atoms with Gasteiger partial charge in [-0.05, 0) is 44.0 Å². The van der Waals surface area contributed by atoms with Crippen molar-refractivity contribution in [1.82, 2.24) is 9.97 Å². The zero-order valence-corrected chi connectivity index (χ0v) is 13.5. The molecule has 0 aliphatic rings. The Morgan fingerprint density at radius 3 is 2.65 bits per heavy atom. The SMILES string of the molecule is CCCc1nc(N)c(C)c(Oc2ccc(Br)c(C)c2)n1. The van der Waals surface area contributed by atoms with Gasteiger partial charge in [0.05, 0.1) is 5.56 Å².